The number of aliphatic hydroxyl groups excluding tert-OH is 10. The molecular formula is C20H35NO16. The van der Waals surface area contributed by atoms with Crippen LogP contribution < -0.4 is 5.32 Å². The van der Waals surface area contributed by atoms with Gasteiger partial charge < -0.3 is 80.1 Å². The van der Waals surface area contributed by atoms with Gasteiger partial charge in [-0.1, -0.05) is 0 Å². The zero-order chi connectivity index (χ0) is 27.6. The highest BCUT2D eigenvalue weighted by atomic mass is 16.7. The molecule has 0 radical (unpaired) electrons. The monoisotopic (exact) mass is 545 g/mol. The minimum absolute atomic E-state index is 0.652. The molecule has 0 spiro atoms. The third-order valence-electron chi connectivity index (χ3n) is 6.50. The van der Waals surface area contributed by atoms with Crippen molar-refractivity contribution in [3.63, 3.8) is 0 Å². The van der Waals surface area contributed by atoms with Gasteiger partial charge in [0.1, 0.15) is 73.2 Å². The van der Waals surface area contributed by atoms with Crippen LogP contribution in [0.15, 0.2) is 0 Å². The Morgan fingerprint density at radius 1 is 0.649 bits per heavy atom. The molecule has 1 amide bonds. The average Bonchev–Trinajstić information content (AvgIpc) is 2.86. The third-order valence-corrected chi connectivity index (χ3v) is 6.50. The summed E-state index contributed by atoms with van der Waals surface area (Å²) in [6.45, 7) is -1.22. The van der Waals surface area contributed by atoms with Gasteiger partial charge in [-0.05, 0) is 0 Å². The molecule has 3 fully saturated rings. The number of hydrogen-bond donors (Lipinski definition) is 11. The summed E-state index contributed by atoms with van der Waals surface area (Å²) in [5, 5.41) is 103. The zero-order valence-corrected chi connectivity index (χ0v) is 19.7. The number of carbonyl (C=O) groups excluding carboxylic acids is 1. The third kappa shape index (κ3) is 6.38. The molecule has 15 atom stereocenters. The van der Waals surface area contributed by atoms with E-state index in [9.17, 15) is 55.9 Å². The lowest BCUT2D eigenvalue weighted by Crippen LogP contribution is -2.68. The van der Waals surface area contributed by atoms with Crippen LogP contribution in [0.1, 0.15) is 6.92 Å². The highest BCUT2D eigenvalue weighted by Crippen LogP contribution is 2.32. The van der Waals surface area contributed by atoms with Crippen LogP contribution in [0.25, 0.3) is 0 Å². The highest BCUT2D eigenvalue weighted by molar-refractivity contribution is 5.73. The Morgan fingerprint density at radius 3 is 1.70 bits per heavy atom. The van der Waals surface area contributed by atoms with Gasteiger partial charge in [0, 0.05) is 6.92 Å². The fourth-order valence-electron chi connectivity index (χ4n) is 4.45. The summed E-state index contributed by atoms with van der Waals surface area (Å²) < 4.78 is 27.1. The fraction of sp³-hybridized carbons (Fsp3) is 0.950. The van der Waals surface area contributed by atoms with Gasteiger partial charge in [0.15, 0.2) is 18.9 Å². The van der Waals surface area contributed by atoms with Crippen LogP contribution in [-0.2, 0) is 28.5 Å². The summed E-state index contributed by atoms with van der Waals surface area (Å²) in [5.74, 6) is -0.652. The summed E-state index contributed by atoms with van der Waals surface area (Å²) in [4.78, 5) is 11.6. The molecule has 17 heteroatoms. The molecule has 0 aromatic carbocycles. The van der Waals surface area contributed by atoms with Crippen LogP contribution in [0.2, 0.25) is 0 Å². The fourth-order valence-corrected chi connectivity index (χ4v) is 4.45. The van der Waals surface area contributed by atoms with Crippen molar-refractivity contribution >= 4 is 5.91 Å². The van der Waals surface area contributed by atoms with E-state index in [1.54, 1.807) is 0 Å². The first-order valence-electron chi connectivity index (χ1n) is 11.6. The summed E-state index contributed by atoms with van der Waals surface area (Å²) in [6.07, 6.45) is -23.3. The van der Waals surface area contributed by atoms with E-state index < -0.39 is 118 Å². The smallest absolute Gasteiger partial charge is 0.217 e. The molecule has 0 saturated carbocycles. The molecular weight excluding hydrogens is 510 g/mol. The van der Waals surface area contributed by atoms with E-state index in [0.29, 0.717) is 0 Å². The standard InChI is InChI=1S/C20H35NO16/c1-5(25)21-9-12(28)10(26)6(2-22)34-19(9)37-17-15(31)16(8(4-24)33-18(17)32)36-20-14(30)13(29)11(27)7(3-23)35-20/h6-20,22-24,26-32H,2-4H2,1H3,(H,21,25)/t6-,7-,8-,9-,10-,11+,12-,13+,14-,15+,16-,17+,18+,19+,20+/m1/s1. The molecule has 0 aromatic heterocycles. The quantitative estimate of drug-likeness (QED) is 0.135. The minimum Gasteiger partial charge on any atom is -0.394 e. The van der Waals surface area contributed by atoms with E-state index >= 15 is 0 Å². The first-order valence-corrected chi connectivity index (χ1v) is 11.6. The summed E-state index contributed by atoms with van der Waals surface area (Å²) in [6, 6.07) is -1.42. The number of hydrogen-bond acceptors (Lipinski definition) is 16. The molecule has 11 N–H and O–H groups in total. The molecule has 216 valence electrons. The van der Waals surface area contributed by atoms with E-state index in [1.165, 1.54) is 0 Å². The van der Waals surface area contributed by atoms with E-state index in [4.69, 9.17) is 23.7 Å². The van der Waals surface area contributed by atoms with Gasteiger partial charge in [-0.25, -0.2) is 0 Å². The average molecular weight is 545 g/mol. The Bertz CT molecular complexity index is 745. The van der Waals surface area contributed by atoms with Crippen molar-refractivity contribution in [1.82, 2.24) is 5.32 Å². The number of nitrogens with one attached hydrogen (secondary N) is 1. The normalized spacial score (nSPS) is 49.0. The maximum atomic E-state index is 11.6. The van der Waals surface area contributed by atoms with E-state index in [0.717, 1.165) is 6.92 Å². The molecule has 3 rings (SSSR count). The van der Waals surface area contributed by atoms with Gasteiger partial charge in [-0.2, -0.15) is 0 Å². The van der Waals surface area contributed by atoms with E-state index in [1.807, 2.05) is 0 Å². The molecule has 0 bridgehead atoms. The number of aliphatic hydroxyl groups is 10. The lowest BCUT2D eigenvalue weighted by atomic mass is 9.95. The van der Waals surface area contributed by atoms with Gasteiger partial charge in [-0.3, -0.25) is 4.79 Å². The molecule has 3 aliphatic heterocycles. The van der Waals surface area contributed by atoms with E-state index in [2.05, 4.69) is 5.32 Å². The SMILES string of the molecule is CC(=O)N[C@H]1[C@H](O[C@H]2[C@@H](O)[C@H](O[C@@H]3O[C@H](CO)[C@H](O)[C@H](O)[C@H]3O)[C@@H](CO)O[C@@H]2O)O[C@H](CO)[C@@H](O)[C@@H]1O. The predicted molar refractivity (Wildman–Crippen MR) is 113 cm³/mol. The van der Waals surface area contributed by atoms with Gasteiger partial charge in [0.05, 0.1) is 19.8 Å². The number of carbonyl (C=O) groups is 1. The van der Waals surface area contributed by atoms with E-state index in [-0.39, 0.29) is 0 Å². The van der Waals surface area contributed by atoms with Gasteiger partial charge in [-0.15, -0.1) is 0 Å². The van der Waals surface area contributed by atoms with Crippen LogP contribution in [0, 0.1) is 0 Å². The molecule has 17 nitrogen and oxygen atoms in total. The zero-order valence-electron chi connectivity index (χ0n) is 19.7. The van der Waals surface area contributed by atoms with Crippen molar-refractivity contribution in [2.24, 2.45) is 0 Å². The predicted octanol–water partition coefficient (Wildman–Crippen LogP) is -7.43. The summed E-state index contributed by atoms with van der Waals surface area (Å²) >= 11 is 0. The first-order chi connectivity index (χ1) is 17.4. The Kier molecular flexibility index (Phi) is 10.5. The van der Waals surface area contributed by atoms with Gasteiger partial charge in [0.2, 0.25) is 5.91 Å². The Morgan fingerprint density at radius 2 is 1.16 bits per heavy atom. The molecule has 0 aromatic rings. The lowest BCUT2D eigenvalue weighted by Gasteiger charge is -2.48. The van der Waals surface area contributed by atoms with Crippen molar-refractivity contribution in [2.75, 3.05) is 19.8 Å². The van der Waals surface area contributed by atoms with Crippen molar-refractivity contribution < 1.29 is 79.5 Å². The number of amides is 1. The second-order valence-corrected chi connectivity index (χ2v) is 9.07. The first kappa shape index (κ1) is 30.4. The molecule has 3 saturated heterocycles. The second kappa shape index (κ2) is 12.8. The van der Waals surface area contributed by atoms with Crippen LogP contribution in [0.3, 0.4) is 0 Å². The Balaban J connectivity index is 1.81. The Hall–Kier alpha value is -1.13. The second-order valence-electron chi connectivity index (χ2n) is 9.07. The van der Waals surface area contributed by atoms with Crippen molar-refractivity contribution in [1.29, 1.82) is 0 Å². The van der Waals surface area contributed by atoms with Gasteiger partial charge >= 0.3 is 0 Å². The molecule has 3 aliphatic rings. The van der Waals surface area contributed by atoms with Crippen molar-refractivity contribution in [3.05, 3.63) is 0 Å². The largest absolute Gasteiger partial charge is 0.394 e. The molecule has 0 unspecified atom stereocenters. The number of ether oxygens (including phenoxy) is 5. The van der Waals surface area contributed by atoms with Crippen LogP contribution in [0.4, 0.5) is 0 Å². The summed E-state index contributed by atoms with van der Waals surface area (Å²) in [7, 11) is 0. The molecule has 3 heterocycles. The Labute approximate surface area is 210 Å². The topological polar surface area (TPSA) is 278 Å². The van der Waals surface area contributed by atoms with Crippen molar-refractivity contribution in [2.45, 2.75) is 99.0 Å². The van der Waals surface area contributed by atoms with Crippen LogP contribution in [0.5, 0.6) is 0 Å². The van der Waals surface area contributed by atoms with Crippen LogP contribution >= 0.6 is 0 Å². The van der Waals surface area contributed by atoms with Gasteiger partial charge in [0.25, 0.3) is 0 Å². The maximum absolute atomic E-state index is 11.6. The lowest BCUT2D eigenvalue weighted by molar-refractivity contribution is -0.376. The summed E-state index contributed by atoms with van der Waals surface area (Å²) in [5.41, 5.74) is 0. The molecule has 0 aliphatic carbocycles. The molecule has 37 heavy (non-hydrogen) atoms. The van der Waals surface area contributed by atoms with Crippen LogP contribution in [-0.4, -0.2) is 169 Å². The number of rotatable bonds is 8. The maximum Gasteiger partial charge on any atom is 0.217 e. The highest BCUT2D eigenvalue weighted by Gasteiger charge is 2.53. The van der Waals surface area contributed by atoms with Crippen molar-refractivity contribution in [3.8, 4) is 0 Å². The minimum atomic E-state index is -1.93.